The van der Waals surface area contributed by atoms with Crippen molar-refractivity contribution in [3.63, 3.8) is 0 Å². The number of nitrogens with two attached hydrogens (primary N) is 1. The molecule has 0 unspecified atom stereocenters. The number of hydrogen-bond donors (Lipinski definition) is 1. The molecule has 0 aliphatic heterocycles. The minimum Gasteiger partial charge on any atom is -0.401 e. The molecule has 0 saturated carbocycles. The van der Waals surface area contributed by atoms with Gasteiger partial charge in [0, 0.05) is 12.1 Å². The Kier molecular flexibility index (Phi) is 3.97. The second kappa shape index (κ2) is 4.91. The molecule has 1 rings (SSSR count). The molecule has 1 aromatic rings. The molecular weight excluding hydrogens is 271 g/mol. The molecular formula is C8H6ClF5N2O. The van der Waals surface area contributed by atoms with Crippen molar-refractivity contribution in [2.75, 3.05) is 5.73 Å². The van der Waals surface area contributed by atoms with Crippen molar-refractivity contribution in [2.24, 2.45) is 0 Å². The molecule has 9 heteroatoms. The van der Waals surface area contributed by atoms with Gasteiger partial charge in [-0.3, -0.25) is 0 Å². The lowest BCUT2D eigenvalue weighted by atomic mass is 10.1. The van der Waals surface area contributed by atoms with Crippen LogP contribution in [0, 0.1) is 0 Å². The zero-order chi connectivity index (χ0) is 13.2. The smallest absolute Gasteiger partial charge is 0.401 e. The molecule has 3 nitrogen and oxygen atoms in total. The molecule has 0 saturated heterocycles. The number of hydrogen-bond acceptors (Lipinski definition) is 3. The standard InChI is InChI=1S/C8H6ClF5N2O/c9-1-3-2-16-7(15)5(4(3)6(10)11)17-8(12,13)14/h2,6H,1H2,(H2,15,16). The predicted molar refractivity (Wildman–Crippen MR) is 49.8 cm³/mol. The van der Waals surface area contributed by atoms with Crippen molar-refractivity contribution in [3.8, 4) is 5.75 Å². The van der Waals surface area contributed by atoms with Gasteiger partial charge in [-0.25, -0.2) is 13.8 Å². The Bertz CT molecular complexity index is 410. The normalized spacial score (nSPS) is 11.9. The van der Waals surface area contributed by atoms with E-state index in [4.69, 9.17) is 17.3 Å². The number of rotatable bonds is 3. The summed E-state index contributed by atoms with van der Waals surface area (Å²) >= 11 is 5.32. The van der Waals surface area contributed by atoms with Crippen molar-refractivity contribution < 1.29 is 26.7 Å². The van der Waals surface area contributed by atoms with E-state index in [9.17, 15) is 22.0 Å². The number of alkyl halides is 6. The molecule has 0 aliphatic rings. The van der Waals surface area contributed by atoms with Crippen molar-refractivity contribution in [1.82, 2.24) is 4.98 Å². The van der Waals surface area contributed by atoms with Gasteiger partial charge >= 0.3 is 6.36 Å². The number of anilines is 1. The van der Waals surface area contributed by atoms with Crippen LogP contribution in [0.15, 0.2) is 6.20 Å². The minimum absolute atomic E-state index is 0.268. The van der Waals surface area contributed by atoms with Gasteiger partial charge in [-0.15, -0.1) is 24.8 Å². The number of halogens is 6. The Labute approximate surface area is 97.3 Å². The highest BCUT2D eigenvalue weighted by Crippen LogP contribution is 2.38. The Balaban J connectivity index is 3.34. The van der Waals surface area contributed by atoms with Gasteiger partial charge in [0.1, 0.15) is 0 Å². The highest BCUT2D eigenvalue weighted by molar-refractivity contribution is 6.17. The summed E-state index contributed by atoms with van der Waals surface area (Å²) < 4.78 is 64.8. The van der Waals surface area contributed by atoms with Crippen LogP contribution in [0.1, 0.15) is 17.6 Å². The first kappa shape index (κ1) is 13.8. The van der Waals surface area contributed by atoms with Crippen LogP contribution < -0.4 is 10.5 Å². The van der Waals surface area contributed by atoms with Gasteiger partial charge in [-0.2, -0.15) is 0 Å². The Hall–Kier alpha value is -1.31. The van der Waals surface area contributed by atoms with Gasteiger partial charge in [-0.1, -0.05) is 0 Å². The fourth-order valence-corrected chi connectivity index (χ4v) is 1.34. The van der Waals surface area contributed by atoms with Crippen LogP contribution in [0.3, 0.4) is 0 Å². The zero-order valence-electron chi connectivity index (χ0n) is 8.06. The van der Waals surface area contributed by atoms with E-state index in [2.05, 4.69) is 9.72 Å². The lowest BCUT2D eigenvalue weighted by Crippen LogP contribution is -2.20. The van der Waals surface area contributed by atoms with Gasteiger partial charge in [0.2, 0.25) is 0 Å². The quantitative estimate of drug-likeness (QED) is 0.681. The minimum atomic E-state index is -5.13. The van der Waals surface area contributed by atoms with Crippen LogP contribution >= 0.6 is 11.6 Å². The second-order valence-electron chi connectivity index (χ2n) is 2.89. The molecule has 0 spiro atoms. The van der Waals surface area contributed by atoms with Crippen LogP contribution in [0.4, 0.5) is 27.8 Å². The summed E-state index contributed by atoms with van der Waals surface area (Å²) in [6, 6.07) is 0. The van der Waals surface area contributed by atoms with Crippen molar-refractivity contribution in [3.05, 3.63) is 17.3 Å². The van der Waals surface area contributed by atoms with E-state index in [-0.39, 0.29) is 5.56 Å². The maximum atomic E-state index is 12.6. The van der Waals surface area contributed by atoms with Gasteiger partial charge in [0.15, 0.2) is 11.6 Å². The maximum absolute atomic E-state index is 12.6. The molecule has 0 amide bonds. The van der Waals surface area contributed by atoms with Crippen LogP contribution in [-0.4, -0.2) is 11.3 Å². The van der Waals surface area contributed by atoms with E-state index in [1.165, 1.54) is 0 Å². The average Bonchev–Trinajstić information content (AvgIpc) is 2.18. The van der Waals surface area contributed by atoms with Gasteiger partial charge < -0.3 is 10.5 Å². The van der Waals surface area contributed by atoms with E-state index < -0.39 is 35.8 Å². The molecule has 0 atom stereocenters. The van der Waals surface area contributed by atoms with Crippen LogP contribution in [0.5, 0.6) is 5.75 Å². The fraction of sp³-hybridized carbons (Fsp3) is 0.375. The summed E-state index contributed by atoms with van der Waals surface area (Å²) in [7, 11) is 0. The summed E-state index contributed by atoms with van der Waals surface area (Å²) in [4.78, 5) is 3.31. The van der Waals surface area contributed by atoms with E-state index in [0.29, 0.717) is 0 Å². The van der Waals surface area contributed by atoms with Crippen LogP contribution in [0.2, 0.25) is 0 Å². The lowest BCUT2D eigenvalue weighted by molar-refractivity contribution is -0.275. The number of nitrogens with zero attached hydrogens (tertiary/aromatic N) is 1. The number of ether oxygens (including phenoxy) is 1. The summed E-state index contributed by atoms with van der Waals surface area (Å²) in [5.41, 5.74) is 3.81. The molecule has 96 valence electrons. The summed E-state index contributed by atoms with van der Waals surface area (Å²) in [5.74, 6) is -2.40. The molecule has 2 N–H and O–H groups in total. The second-order valence-corrected chi connectivity index (χ2v) is 3.16. The third-order valence-corrected chi connectivity index (χ3v) is 2.05. The fourth-order valence-electron chi connectivity index (χ4n) is 1.13. The summed E-state index contributed by atoms with van der Waals surface area (Å²) in [5, 5.41) is 0. The Morgan fingerprint density at radius 1 is 1.41 bits per heavy atom. The van der Waals surface area contributed by atoms with E-state index in [0.717, 1.165) is 6.20 Å². The van der Waals surface area contributed by atoms with Crippen LogP contribution in [0.25, 0.3) is 0 Å². The molecule has 0 aliphatic carbocycles. The summed E-state index contributed by atoms with van der Waals surface area (Å²) in [6.07, 6.45) is -7.45. The molecule has 0 radical (unpaired) electrons. The Morgan fingerprint density at radius 3 is 2.41 bits per heavy atom. The first-order chi connectivity index (χ1) is 7.76. The molecule has 1 heterocycles. The van der Waals surface area contributed by atoms with Crippen molar-refractivity contribution in [2.45, 2.75) is 18.7 Å². The Morgan fingerprint density at radius 2 is 2.00 bits per heavy atom. The van der Waals surface area contributed by atoms with Gasteiger partial charge in [0.05, 0.1) is 5.56 Å². The highest BCUT2D eigenvalue weighted by Gasteiger charge is 2.35. The largest absolute Gasteiger partial charge is 0.573 e. The van der Waals surface area contributed by atoms with Gasteiger partial charge in [-0.05, 0) is 5.56 Å². The maximum Gasteiger partial charge on any atom is 0.573 e. The van der Waals surface area contributed by atoms with Crippen LogP contribution in [-0.2, 0) is 5.88 Å². The van der Waals surface area contributed by atoms with Crippen molar-refractivity contribution in [1.29, 1.82) is 0 Å². The van der Waals surface area contributed by atoms with E-state index >= 15 is 0 Å². The monoisotopic (exact) mass is 276 g/mol. The topological polar surface area (TPSA) is 48.1 Å². The number of pyridine rings is 1. The molecule has 17 heavy (non-hydrogen) atoms. The highest BCUT2D eigenvalue weighted by atomic mass is 35.5. The van der Waals surface area contributed by atoms with E-state index in [1.54, 1.807) is 0 Å². The zero-order valence-corrected chi connectivity index (χ0v) is 8.82. The summed E-state index contributed by atoms with van der Waals surface area (Å²) in [6.45, 7) is 0. The molecule has 1 aromatic heterocycles. The molecule has 0 fully saturated rings. The third-order valence-electron chi connectivity index (χ3n) is 1.76. The average molecular weight is 277 g/mol. The predicted octanol–water partition coefficient (Wildman–Crippen LogP) is 3.24. The van der Waals surface area contributed by atoms with Crippen molar-refractivity contribution >= 4 is 17.4 Å². The van der Waals surface area contributed by atoms with Gasteiger partial charge in [0.25, 0.3) is 6.43 Å². The first-order valence-corrected chi connectivity index (χ1v) is 4.66. The molecule has 0 bridgehead atoms. The number of aromatic nitrogens is 1. The first-order valence-electron chi connectivity index (χ1n) is 4.13. The SMILES string of the molecule is Nc1ncc(CCl)c(C(F)F)c1OC(F)(F)F. The van der Waals surface area contributed by atoms with E-state index in [1.807, 2.05) is 0 Å². The molecule has 0 aromatic carbocycles. The lowest BCUT2D eigenvalue weighted by Gasteiger charge is -2.16. The third kappa shape index (κ3) is 3.32. The number of nitrogen functional groups attached to an aromatic ring is 1.